The highest BCUT2D eigenvalue weighted by atomic mass is 16.6. The lowest BCUT2D eigenvalue weighted by Crippen LogP contribution is -2.55. The van der Waals surface area contributed by atoms with E-state index in [4.69, 9.17) is 4.74 Å². The van der Waals surface area contributed by atoms with Crippen molar-refractivity contribution in [2.75, 3.05) is 6.54 Å². The third-order valence-electron chi connectivity index (χ3n) is 6.65. The summed E-state index contributed by atoms with van der Waals surface area (Å²) in [4.78, 5) is 42.5. The number of nitrogens with zero attached hydrogens (tertiary/aromatic N) is 1. The van der Waals surface area contributed by atoms with Gasteiger partial charge in [0.2, 0.25) is 11.8 Å². The molecule has 3 unspecified atom stereocenters. The number of hydrogen-bond acceptors (Lipinski definition) is 4. The average molecular weight is 532 g/mol. The van der Waals surface area contributed by atoms with Gasteiger partial charge in [-0.15, -0.1) is 0 Å². The first-order chi connectivity index (χ1) is 17.7. The molecule has 7 heteroatoms. The number of aryl methyl sites for hydroxylation is 2. The molecule has 3 atom stereocenters. The molecule has 38 heavy (non-hydrogen) atoms. The minimum atomic E-state index is -0.814. The Morgan fingerprint density at radius 3 is 2.11 bits per heavy atom. The second-order valence-electron chi connectivity index (χ2n) is 11.9. The molecule has 0 spiro atoms. The molecule has 0 aliphatic rings. The number of amides is 3. The van der Waals surface area contributed by atoms with E-state index in [0.29, 0.717) is 13.0 Å². The fourth-order valence-electron chi connectivity index (χ4n) is 4.50. The Morgan fingerprint density at radius 2 is 1.58 bits per heavy atom. The Balaban J connectivity index is 3.55. The maximum absolute atomic E-state index is 14.3. The fraction of sp³-hybridized carbons (Fsp3) is 0.710. The lowest BCUT2D eigenvalue weighted by atomic mass is 9.93. The van der Waals surface area contributed by atoms with Gasteiger partial charge in [0, 0.05) is 12.6 Å². The molecule has 0 aliphatic heterocycles. The van der Waals surface area contributed by atoms with Gasteiger partial charge in [0.05, 0.1) is 0 Å². The maximum Gasteiger partial charge on any atom is 0.408 e. The van der Waals surface area contributed by atoms with Crippen LogP contribution in [0.15, 0.2) is 18.2 Å². The molecule has 3 amide bonds. The van der Waals surface area contributed by atoms with E-state index in [9.17, 15) is 14.4 Å². The smallest absolute Gasteiger partial charge is 0.408 e. The molecule has 1 aromatic carbocycles. The molecule has 0 heterocycles. The molecule has 1 rings (SSSR count). The van der Waals surface area contributed by atoms with Gasteiger partial charge in [-0.05, 0) is 71.9 Å². The molecule has 216 valence electrons. The summed E-state index contributed by atoms with van der Waals surface area (Å²) in [5, 5.41) is 5.88. The Morgan fingerprint density at radius 1 is 0.947 bits per heavy atom. The molecule has 0 saturated heterocycles. The van der Waals surface area contributed by atoms with Crippen molar-refractivity contribution in [2.24, 2.45) is 5.92 Å². The zero-order valence-corrected chi connectivity index (χ0v) is 25.6. The Kier molecular flexibility index (Phi) is 13.9. The zero-order valence-electron chi connectivity index (χ0n) is 25.6. The van der Waals surface area contributed by atoms with Crippen LogP contribution >= 0.6 is 0 Å². The Bertz CT molecular complexity index is 907. The zero-order chi connectivity index (χ0) is 29.0. The molecular weight excluding hydrogens is 478 g/mol. The highest BCUT2D eigenvalue weighted by Gasteiger charge is 2.38. The van der Waals surface area contributed by atoms with Crippen LogP contribution < -0.4 is 10.6 Å². The molecule has 0 aromatic heterocycles. The first-order valence-electron chi connectivity index (χ1n) is 14.4. The fourth-order valence-corrected chi connectivity index (χ4v) is 4.50. The molecule has 1 aromatic rings. The van der Waals surface area contributed by atoms with Gasteiger partial charge in [-0.3, -0.25) is 9.59 Å². The van der Waals surface area contributed by atoms with Crippen molar-refractivity contribution in [1.29, 1.82) is 0 Å². The van der Waals surface area contributed by atoms with Gasteiger partial charge in [-0.2, -0.15) is 0 Å². The van der Waals surface area contributed by atoms with Crippen LogP contribution in [0.1, 0.15) is 117 Å². The summed E-state index contributed by atoms with van der Waals surface area (Å²) in [6.07, 6.45) is 5.14. The Hall–Kier alpha value is -2.57. The number of carbonyl (C=O) groups is 3. The Labute approximate surface area is 231 Å². The van der Waals surface area contributed by atoms with Crippen LogP contribution in [0.2, 0.25) is 0 Å². The maximum atomic E-state index is 14.3. The predicted octanol–water partition coefficient (Wildman–Crippen LogP) is 6.61. The molecule has 0 fully saturated rings. The lowest BCUT2D eigenvalue weighted by molar-refractivity contribution is -0.143. The van der Waals surface area contributed by atoms with Crippen molar-refractivity contribution in [3.63, 3.8) is 0 Å². The first kappa shape index (κ1) is 33.5. The van der Waals surface area contributed by atoms with E-state index in [1.165, 1.54) is 0 Å². The van der Waals surface area contributed by atoms with E-state index in [1.807, 2.05) is 59.7 Å². The van der Waals surface area contributed by atoms with Crippen molar-refractivity contribution < 1.29 is 19.1 Å². The van der Waals surface area contributed by atoms with Crippen LogP contribution in [0.4, 0.5) is 4.79 Å². The number of ether oxygens (including phenoxy) is 1. The van der Waals surface area contributed by atoms with E-state index in [0.717, 1.165) is 48.8 Å². The molecule has 0 bridgehead atoms. The number of hydrogen-bond donors (Lipinski definition) is 2. The summed E-state index contributed by atoms with van der Waals surface area (Å²) in [7, 11) is 0. The summed E-state index contributed by atoms with van der Waals surface area (Å²) < 4.78 is 5.50. The quantitative estimate of drug-likeness (QED) is 0.265. The van der Waals surface area contributed by atoms with Gasteiger partial charge >= 0.3 is 6.09 Å². The van der Waals surface area contributed by atoms with Gasteiger partial charge in [0.25, 0.3) is 0 Å². The van der Waals surface area contributed by atoms with Crippen LogP contribution in [0, 0.1) is 19.8 Å². The van der Waals surface area contributed by atoms with Gasteiger partial charge in [-0.1, -0.05) is 76.6 Å². The number of nitrogens with one attached hydrogen (secondary N) is 2. The number of alkyl carbamates (subject to hydrolysis) is 1. The summed E-state index contributed by atoms with van der Waals surface area (Å²) in [6, 6.07) is 4.27. The van der Waals surface area contributed by atoms with Crippen molar-refractivity contribution in [2.45, 2.75) is 131 Å². The topological polar surface area (TPSA) is 87.7 Å². The third kappa shape index (κ3) is 11.0. The van der Waals surface area contributed by atoms with Crippen molar-refractivity contribution in [3.05, 3.63) is 34.9 Å². The molecule has 0 radical (unpaired) electrons. The van der Waals surface area contributed by atoms with E-state index >= 15 is 0 Å². The SMILES string of the molecule is CCCCCCCN(C(=O)C(NC(=O)OC(C)(C)C)C(C)CC)C(C(=O)NC(C)C)c1ccc(C)cc1C. The van der Waals surface area contributed by atoms with Crippen LogP contribution in [-0.2, 0) is 14.3 Å². The molecule has 0 aliphatic carbocycles. The molecule has 2 N–H and O–H groups in total. The number of rotatable bonds is 14. The van der Waals surface area contributed by atoms with Gasteiger partial charge < -0.3 is 20.3 Å². The number of carbonyl (C=O) groups excluding carboxylic acids is 3. The minimum absolute atomic E-state index is 0.0810. The lowest BCUT2D eigenvalue weighted by Gasteiger charge is -2.37. The van der Waals surface area contributed by atoms with Crippen LogP contribution in [0.25, 0.3) is 0 Å². The molecule has 0 saturated carbocycles. The van der Waals surface area contributed by atoms with Gasteiger partial charge in [0.1, 0.15) is 17.7 Å². The third-order valence-corrected chi connectivity index (χ3v) is 6.65. The second-order valence-corrected chi connectivity index (χ2v) is 11.9. The summed E-state index contributed by atoms with van der Waals surface area (Å²) in [6.45, 7) is 19.7. The number of unbranched alkanes of at least 4 members (excludes halogenated alkanes) is 4. The molecular formula is C31H53N3O4. The van der Waals surface area contributed by atoms with E-state index in [-0.39, 0.29) is 23.8 Å². The van der Waals surface area contributed by atoms with Crippen molar-refractivity contribution >= 4 is 17.9 Å². The van der Waals surface area contributed by atoms with E-state index < -0.39 is 23.8 Å². The normalized spacial score (nSPS) is 14.0. The highest BCUT2D eigenvalue weighted by Crippen LogP contribution is 2.28. The summed E-state index contributed by atoms with van der Waals surface area (Å²) in [5.41, 5.74) is 2.16. The van der Waals surface area contributed by atoms with Gasteiger partial charge in [0.15, 0.2) is 0 Å². The highest BCUT2D eigenvalue weighted by molar-refractivity contribution is 5.92. The van der Waals surface area contributed by atoms with Crippen LogP contribution in [0.3, 0.4) is 0 Å². The molecule has 7 nitrogen and oxygen atoms in total. The van der Waals surface area contributed by atoms with Gasteiger partial charge in [-0.25, -0.2) is 4.79 Å². The largest absolute Gasteiger partial charge is 0.444 e. The van der Waals surface area contributed by atoms with E-state index in [2.05, 4.69) is 17.6 Å². The van der Waals surface area contributed by atoms with Crippen molar-refractivity contribution in [1.82, 2.24) is 15.5 Å². The second kappa shape index (κ2) is 15.7. The first-order valence-corrected chi connectivity index (χ1v) is 14.4. The van der Waals surface area contributed by atoms with Crippen LogP contribution in [0.5, 0.6) is 0 Å². The summed E-state index contributed by atoms with van der Waals surface area (Å²) in [5.74, 6) is -0.621. The standard InChI is InChI=1S/C31H53N3O4/c1-11-13-14-15-16-19-34(29(36)26(23(6)12-2)33-30(37)38-31(8,9)10)27(28(35)32-21(3)4)25-18-17-22(5)20-24(25)7/h17-18,20-21,23,26-27H,11-16,19H2,1-10H3,(H,32,35)(H,33,37). The predicted molar refractivity (Wildman–Crippen MR) is 155 cm³/mol. The van der Waals surface area contributed by atoms with Crippen molar-refractivity contribution in [3.8, 4) is 0 Å². The average Bonchev–Trinajstić information content (AvgIpc) is 2.80. The van der Waals surface area contributed by atoms with E-state index in [1.54, 1.807) is 25.7 Å². The monoisotopic (exact) mass is 531 g/mol. The summed E-state index contributed by atoms with van der Waals surface area (Å²) >= 11 is 0. The number of benzene rings is 1. The minimum Gasteiger partial charge on any atom is -0.444 e. The van der Waals surface area contributed by atoms with Crippen LogP contribution in [-0.4, -0.2) is 47.0 Å².